The zero-order valence-corrected chi connectivity index (χ0v) is 18.2. The van der Waals surface area contributed by atoms with Crippen molar-refractivity contribution in [2.45, 2.75) is 25.3 Å². The highest BCUT2D eigenvalue weighted by molar-refractivity contribution is 5.92. The first-order chi connectivity index (χ1) is 15.1. The molecule has 1 saturated carbocycles. The second-order valence-electron chi connectivity index (χ2n) is 9.25. The Hall–Kier alpha value is -2.25. The van der Waals surface area contributed by atoms with Gasteiger partial charge in [-0.25, -0.2) is 4.39 Å². The monoisotopic (exact) mass is 426 g/mol. The van der Waals surface area contributed by atoms with E-state index in [1.165, 1.54) is 18.9 Å². The molecule has 2 atom stereocenters. The van der Waals surface area contributed by atoms with Gasteiger partial charge in [-0.3, -0.25) is 14.7 Å². The molecule has 1 aromatic carbocycles. The number of amides is 1. The topological polar surface area (TPSA) is 48.9 Å². The van der Waals surface area contributed by atoms with Crippen molar-refractivity contribution in [3.63, 3.8) is 0 Å². The Morgan fingerprint density at radius 3 is 2.77 bits per heavy atom. The number of rotatable bonds is 5. The van der Waals surface area contributed by atoms with Crippen molar-refractivity contribution in [2.75, 3.05) is 57.9 Å². The van der Waals surface area contributed by atoms with Crippen LogP contribution in [-0.2, 0) is 9.53 Å². The van der Waals surface area contributed by atoms with E-state index in [2.05, 4.69) is 14.8 Å². The number of nitrogens with zero attached hydrogens (tertiary/aromatic N) is 4. The summed E-state index contributed by atoms with van der Waals surface area (Å²) in [4.78, 5) is 23.8. The summed E-state index contributed by atoms with van der Waals surface area (Å²) in [5, 5.41) is 0.847. The van der Waals surface area contributed by atoms with E-state index in [4.69, 9.17) is 4.74 Å². The van der Waals surface area contributed by atoms with Crippen LogP contribution in [0.4, 0.5) is 10.1 Å². The van der Waals surface area contributed by atoms with Gasteiger partial charge in [0.2, 0.25) is 5.91 Å². The average Bonchev–Trinajstić information content (AvgIpc) is 3.65. The Labute approximate surface area is 183 Å². The molecule has 3 aliphatic rings. The van der Waals surface area contributed by atoms with Gasteiger partial charge < -0.3 is 14.5 Å². The van der Waals surface area contributed by atoms with Crippen LogP contribution in [0.15, 0.2) is 30.5 Å². The van der Waals surface area contributed by atoms with Crippen molar-refractivity contribution >= 4 is 22.5 Å². The first-order valence-corrected chi connectivity index (χ1v) is 11.4. The maximum Gasteiger partial charge on any atom is 0.236 e. The fourth-order valence-electron chi connectivity index (χ4n) is 5.16. The maximum atomic E-state index is 14.3. The number of piperidine rings is 1. The first-order valence-electron chi connectivity index (χ1n) is 11.4. The van der Waals surface area contributed by atoms with Crippen molar-refractivity contribution in [2.24, 2.45) is 11.8 Å². The predicted octanol–water partition coefficient (Wildman–Crippen LogP) is 2.77. The molecule has 7 heteroatoms. The number of ether oxygens (including phenoxy) is 1. The minimum absolute atomic E-state index is 0.157. The van der Waals surface area contributed by atoms with Gasteiger partial charge in [-0.05, 0) is 55.4 Å². The predicted molar refractivity (Wildman–Crippen MR) is 119 cm³/mol. The third-order valence-electron chi connectivity index (χ3n) is 7.19. The molecule has 1 aromatic heterocycles. The Morgan fingerprint density at radius 2 is 2.00 bits per heavy atom. The molecule has 0 spiro atoms. The summed E-state index contributed by atoms with van der Waals surface area (Å²) in [5.41, 5.74) is 1.44. The smallest absolute Gasteiger partial charge is 0.236 e. The van der Waals surface area contributed by atoms with Crippen LogP contribution in [0.5, 0.6) is 0 Å². The van der Waals surface area contributed by atoms with Gasteiger partial charge in [-0.2, -0.15) is 0 Å². The number of benzene rings is 1. The molecule has 2 aromatic rings. The molecule has 6 nitrogen and oxygen atoms in total. The average molecular weight is 427 g/mol. The molecule has 0 bridgehead atoms. The summed E-state index contributed by atoms with van der Waals surface area (Å²) in [5.74, 6) is 1.20. The molecule has 2 saturated heterocycles. The lowest BCUT2D eigenvalue weighted by Crippen LogP contribution is -2.54. The lowest BCUT2D eigenvalue weighted by Gasteiger charge is -2.43. The molecule has 3 fully saturated rings. The molecule has 0 radical (unpaired) electrons. The molecule has 31 heavy (non-hydrogen) atoms. The molecular weight excluding hydrogens is 395 g/mol. The number of aromatic nitrogens is 1. The molecule has 166 valence electrons. The Balaban J connectivity index is 1.37. The van der Waals surface area contributed by atoms with Gasteiger partial charge in [0.05, 0.1) is 19.8 Å². The van der Waals surface area contributed by atoms with E-state index < -0.39 is 0 Å². The van der Waals surface area contributed by atoms with Crippen LogP contribution in [0.3, 0.4) is 0 Å². The van der Waals surface area contributed by atoms with E-state index in [-0.39, 0.29) is 17.8 Å². The highest BCUT2D eigenvalue weighted by Gasteiger charge is 2.40. The quantitative estimate of drug-likeness (QED) is 0.736. The molecule has 1 aliphatic carbocycles. The van der Waals surface area contributed by atoms with Gasteiger partial charge in [-0.1, -0.05) is 0 Å². The Morgan fingerprint density at radius 1 is 1.19 bits per heavy atom. The number of morpholine rings is 1. The van der Waals surface area contributed by atoms with E-state index >= 15 is 0 Å². The minimum atomic E-state index is -0.288. The summed E-state index contributed by atoms with van der Waals surface area (Å²) >= 11 is 0. The molecule has 2 aliphatic heterocycles. The highest BCUT2D eigenvalue weighted by Crippen LogP contribution is 2.43. The molecule has 3 heterocycles. The normalized spacial score (nSPS) is 25.0. The van der Waals surface area contributed by atoms with Crippen LogP contribution < -0.4 is 4.90 Å². The van der Waals surface area contributed by atoms with Crippen molar-refractivity contribution in [1.29, 1.82) is 0 Å². The molecule has 0 unspecified atom stereocenters. The second-order valence-corrected chi connectivity index (χ2v) is 9.25. The van der Waals surface area contributed by atoms with Gasteiger partial charge in [0.1, 0.15) is 11.3 Å². The van der Waals surface area contributed by atoms with Crippen molar-refractivity contribution in [1.82, 2.24) is 14.8 Å². The fourth-order valence-corrected chi connectivity index (χ4v) is 5.16. The van der Waals surface area contributed by atoms with Crippen LogP contribution in [0.2, 0.25) is 0 Å². The van der Waals surface area contributed by atoms with Crippen LogP contribution in [0.25, 0.3) is 10.9 Å². The van der Waals surface area contributed by atoms with Gasteiger partial charge in [0.25, 0.3) is 0 Å². The third kappa shape index (κ3) is 4.39. The number of hydrogen-bond acceptors (Lipinski definition) is 5. The van der Waals surface area contributed by atoms with E-state index in [1.807, 2.05) is 30.1 Å². The van der Waals surface area contributed by atoms with E-state index in [0.29, 0.717) is 31.2 Å². The zero-order valence-electron chi connectivity index (χ0n) is 18.2. The number of carbonyl (C=O) groups is 1. The Bertz CT molecular complexity index is 944. The van der Waals surface area contributed by atoms with E-state index in [1.54, 1.807) is 6.20 Å². The SMILES string of the molecule is CN(C(=O)CN1CCOCC1)[C@@H]1C[C@H](C2CC2)CN(c2ccc(F)c3ncccc23)C1. The number of anilines is 1. The molecule has 0 N–H and O–H groups in total. The number of pyridine rings is 1. The van der Waals surface area contributed by atoms with Crippen molar-refractivity contribution in [3.05, 3.63) is 36.3 Å². The minimum Gasteiger partial charge on any atom is -0.379 e. The molecular formula is C24H31FN4O2. The van der Waals surface area contributed by atoms with Gasteiger partial charge >= 0.3 is 0 Å². The van der Waals surface area contributed by atoms with Crippen LogP contribution in [0.1, 0.15) is 19.3 Å². The summed E-state index contributed by atoms with van der Waals surface area (Å²) in [6.07, 6.45) is 5.24. The van der Waals surface area contributed by atoms with Crippen molar-refractivity contribution in [3.8, 4) is 0 Å². The van der Waals surface area contributed by atoms with Gasteiger partial charge in [-0.15, -0.1) is 0 Å². The van der Waals surface area contributed by atoms with Crippen LogP contribution in [0, 0.1) is 17.7 Å². The highest BCUT2D eigenvalue weighted by atomic mass is 19.1. The first kappa shape index (κ1) is 20.6. The number of carbonyl (C=O) groups excluding carboxylic acids is 1. The standard InChI is InChI=1S/C24H31FN4O2/c1-27(23(30)16-28-9-11-31-12-10-28)19-13-18(17-4-5-17)14-29(15-19)22-7-6-21(25)24-20(22)3-2-8-26-24/h2-3,6-8,17-19H,4-5,9-16H2,1H3/t18-,19+/m0/s1. The number of hydrogen-bond donors (Lipinski definition) is 0. The molecule has 5 rings (SSSR count). The molecule has 1 amide bonds. The van der Waals surface area contributed by atoms with E-state index in [0.717, 1.165) is 49.6 Å². The van der Waals surface area contributed by atoms with E-state index in [9.17, 15) is 9.18 Å². The largest absolute Gasteiger partial charge is 0.379 e. The van der Waals surface area contributed by atoms with Crippen LogP contribution in [-0.4, -0.2) is 79.7 Å². The second kappa shape index (κ2) is 8.71. The summed E-state index contributed by atoms with van der Waals surface area (Å²) in [6.45, 7) is 5.21. The number of fused-ring (bicyclic) bond motifs is 1. The fraction of sp³-hybridized carbons (Fsp3) is 0.583. The summed E-state index contributed by atoms with van der Waals surface area (Å²) in [6, 6.07) is 7.37. The number of halogens is 1. The Kier molecular flexibility index (Phi) is 5.80. The maximum absolute atomic E-state index is 14.3. The number of likely N-dealkylation sites (N-methyl/N-ethyl adjacent to an activating group) is 1. The summed E-state index contributed by atoms with van der Waals surface area (Å²) in [7, 11) is 1.95. The lowest BCUT2D eigenvalue weighted by atomic mass is 9.88. The zero-order chi connectivity index (χ0) is 21.4. The third-order valence-corrected chi connectivity index (χ3v) is 7.19. The summed E-state index contributed by atoms with van der Waals surface area (Å²) < 4.78 is 19.7. The van der Waals surface area contributed by atoms with Crippen molar-refractivity contribution < 1.29 is 13.9 Å². The van der Waals surface area contributed by atoms with Crippen LogP contribution >= 0.6 is 0 Å². The lowest BCUT2D eigenvalue weighted by molar-refractivity contribution is -0.134. The van der Waals surface area contributed by atoms with Gasteiger partial charge in [0, 0.05) is 56.5 Å². The van der Waals surface area contributed by atoms with Gasteiger partial charge in [0.15, 0.2) is 0 Å².